The molecule has 0 spiro atoms. The van der Waals surface area contributed by atoms with Crippen molar-refractivity contribution in [2.45, 2.75) is 30.7 Å². The third-order valence-electron chi connectivity index (χ3n) is 4.21. The van der Waals surface area contributed by atoms with Crippen molar-refractivity contribution in [3.05, 3.63) is 34.9 Å². The molecule has 20 heavy (non-hydrogen) atoms. The van der Waals surface area contributed by atoms with Crippen molar-refractivity contribution in [3.8, 4) is 0 Å². The van der Waals surface area contributed by atoms with Crippen LogP contribution >= 0.6 is 11.6 Å². The van der Waals surface area contributed by atoms with Gasteiger partial charge in [-0.05, 0) is 31.5 Å². The summed E-state index contributed by atoms with van der Waals surface area (Å²) >= 11 is 6.09. The van der Waals surface area contributed by atoms with Gasteiger partial charge in [0.25, 0.3) is 0 Å². The molecule has 2 aliphatic rings. The Labute approximate surface area is 125 Å². The summed E-state index contributed by atoms with van der Waals surface area (Å²) in [6.07, 6.45) is 1.94. The number of likely N-dealkylation sites (N-methyl/N-ethyl adjacent to an activating group) is 1. The van der Waals surface area contributed by atoms with Gasteiger partial charge in [0.05, 0.1) is 5.75 Å². The number of likely N-dealkylation sites (tertiary alicyclic amines) is 1. The highest BCUT2D eigenvalue weighted by atomic mass is 35.5. The Morgan fingerprint density at radius 2 is 1.80 bits per heavy atom. The van der Waals surface area contributed by atoms with E-state index in [0.717, 1.165) is 25.9 Å². The highest BCUT2D eigenvalue weighted by molar-refractivity contribution is 7.88. The molecule has 0 N–H and O–H groups in total. The molecule has 3 rings (SSSR count). The third kappa shape index (κ3) is 2.60. The van der Waals surface area contributed by atoms with Gasteiger partial charge in [-0.25, -0.2) is 8.42 Å². The van der Waals surface area contributed by atoms with Crippen LogP contribution in [0.5, 0.6) is 0 Å². The van der Waals surface area contributed by atoms with Crippen molar-refractivity contribution >= 4 is 21.6 Å². The minimum Gasteiger partial charge on any atom is -0.303 e. The predicted octanol–water partition coefficient (Wildman–Crippen LogP) is 1.95. The fourth-order valence-electron chi connectivity index (χ4n) is 3.42. The van der Waals surface area contributed by atoms with E-state index in [1.807, 2.05) is 12.1 Å². The summed E-state index contributed by atoms with van der Waals surface area (Å²) in [5.74, 6) is 0.00336. The van der Waals surface area contributed by atoms with Crippen LogP contribution in [0.15, 0.2) is 24.3 Å². The monoisotopic (exact) mass is 314 g/mol. The van der Waals surface area contributed by atoms with Crippen LogP contribution < -0.4 is 0 Å². The van der Waals surface area contributed by atoms with Gasteiger partial charge in [-0.3, -0.25) is 0 Å². The molecule has 6 heteroatoms. The van der Waals surface area contributed by atoms with Crippen molar-refractivity contribution in [1.29, 1.82) is 0 Å². The summed E-state index contributed by atoms with van der Waals surface area (Å²) in [4.78, 5) is 2.23. The largest absolute Gasteiger partial charge is 0.303 e. The number of sulfonamides is 1. The van der Waals surface area contributed by atoms with E-state index in [1.54, 1.807) is 16.4 Å². The Morgan fingerprint density at radius 3 is 2.40 bits per heavy atom. The van der Waals surface area contributed by atoms with Crippen LogP contribution in [0, 0.1) is 0 Å². The average Bonchev–Trinajstić information content (AvgIpc) is 2.66. The van der Waals surface area contributed by atoms with Gasteiger partial charge in [0, 0.05) is 30.2 Å². The lowest BCUT2D eigenvalue weighted by molar-refractivity contribution is 0.154. The first-order valence-corrected chi connectivity index (χ1v) is 8.89. The number of fused-ring (bicyclic) bond motifs is 2. The molecule has 2 saturated heterocycles. The minimum absolute atomic E-state index is 0.00336. The van der Waals surface area contributed by atoms with Crippen LogP contribution in [0.25, 0.3) is 0 Å². The molecule has 4 nitrogen and oxygen atoms in total. The zero-order chi connectivity index (χ0) is 14.3. The standard InChI is InChI=1S/C14H19ClN2O2S/c1-16-8-12-6-7-13(9-16)17(12)20(18,19)10-11-4-2-3-5-14(11)15/h2-5,12-13H,6-10H2,1H3. The molecule has 1 aromatic carbocycles. The lowest BCUT2D eigenvalue weighted by Gasteiger charge is -2.38. The van der Waals surface area contributed by atoms with E-state index in [-0.39, 0.29) is 17.8 Å². The molecule has 2 fully saturated rings. The third-order valence-corrected chi connectivity index (χ3v) is 6.50. The number of hydrogen-bond donors (Lipinski definition) is 0. The van der Waals surface area contributed by atoms with E-state index >= 15 is 0 Å². The highest BCUT2D eigenvalue weighted by Gasteiger charge is 2.45. The van der Waals surface area contributed by atoms with Crippen molar-refractivity contribution in [2.75, 3.05) is 20.1 Å². The molecule has 2 bridgehead atoms. The molecule has 0 saturated carbocycles. The first-order chi connectivity index (χ1) is 9.47. The van der Waals surface area contributed by atoms with E-state index < -0.39 is 10.0 Å². The molecule has 2 unspecified atom stereocenters. The summed E-state index contributed by atoms with van der Waals surface area (Å²) in [7, 11) is -1.24. The van der Waals surface area contributed by atoms with E-state index in [1.165, 1.54) is 0 Å². The molecule has 2 heterocycles. The molecular formula is C14H19ClN2O2S. The molecule has 0 aliphatic carbocycles. The van der Waals surface area contributed by atoms with Crippen LogP contribution in [0.4, 0.5) is 0 Å². The number of benzene rings is 1. The topological polar surface area (TPSA) is 40.6 Å². The molecule has 2 atom stereocenters. The van der Waals surface area contributed by atoms with Gasteiger partial charge in [-0.15, -0.1) is 0 Å². The second-order valence-electron chi connectivity index (χ2n) is 5.78. The fourth-order valence-corrected chi connectivity index (χ4v) is 5.74. The highest BCUT2D eigenvalue weighted by Crippen LogP contribution is 2.34. The van der Waals surface area contributed by atoms with Gasteiger partial charge >= 0.3 is 0 Å². The maximum Gasteiger partial charge on any atom is 0.218 e. The lowest BCUT2D eigenvalue weighted by atomic mass is 10.2. The Balaban J connectivity index is 1.85. The Morgan fingerprint density at radius 1 is 1.20 bits per heavy atom. The SMILES string of the molecule is CN1CC2CCC(C1)N2S(=O)(=O)Cc1ccccc1Cl. The fraction of sp³-hybridized carbons (Fsp3) is 0.571. The predicted molar refractivity (Wildman–Crippen MR) is 80.2 cm³/mol. The quantitative estimate of drug-likeness (QED) is 0.856. The van der Waals surface area contributed by atoms with Gasteiger partial charge in [0.1, 0.15) is 0 Å². The zero-order valence-corrected chi connectivity index (χ0v) is 13.1. The van der Waals surface area contributed by atoms with Gasteiger partial charge in [-0.1, -0.05) is 29.8 Å². The number of piperazine rings is 1. The van der Waals surface area contributed by atoms with Gasteiger partial charge < -0.3 is 4.90 Å². The summed E-state index contributed by atoms with van der Waals surface area (Å²) < 4.78 is 27.2. The van der Waals surface area contributed by atoms with E-state index in [2.05, 4.69) is 11.9 Å². The molecular weight excluding hydrogens is 296 g/mol. The van der Waals surface area contributed by atoms with Crippen molar-refractivity contribution in [1.82, 2.24) is 9.21 Å². The Hall–Kier alpha value is -0.620. The average molecular weight is 315 g/mol. The summed E-state index contributed by atoms with van der Waals surface area (Å²) in [6, 6.07) is 7.44. The summed E-state index contributed by atoms with van der Waals surface area (Å²) in [6.45, 7) is 1.66. The second kappa shape index (κ2) is 5.30. The van der Waals surface area contributed by atoms with Crippen LogP contribution in [-0.2, 0) is 15.8 Å². The maximum atomic E-state index is 12.7. The van der Waals surface area contributed by atoms with Crippen molar-refractivity contribution in [2.24, 2.45) is 0 Å². The van der Waals surface area contributed by atoms with Gasteiger partial charge in [0.2, 0.25) is 10.0 Å². The van der Waals surface area contributed by atoms with Crippen molar-refractivity contribution in [3.63, 3.8) is 0 Å². The number of rotatable bonds is 3. The molecule has 1 aromatic rings. The van der Waals surface area contributed by atoms with Crippen LogP contribution in [0.2, 0.25) is 5.02 Å². The maximum absolute atomic E-state index is 12.7. The van der Waals surface area contributed by atoms with Gasteiger partial charge in [-0.2, -0.15) is 4.31 Å². The summed E-state index contributed by atoms with van der Waals surface area (Å²) in [5, 5.41) is 0.526. The van der Waals surface area contributed by atoms with Crippen LogP contribution in [-0.4, -0.2) is 49.8 Å². The summed E-state index contributed by atoms with van der Waals surface area (Å²) in [5.41, 5.74) is 0.687. The minimum atomic E-state index is -3.30. The van der Waals surface area contributed by atoms with E-state index in [0.29, 0.717) is 10.6 Å². The molecule has 2 aliphatic heterocycles. The number of hydrogen-bond acceptors (Lipinski definition) is 3. The van der Waals surface area contributed by atoms with Crippen LogP contribution in [0.3, 0.4) is 0 Å². The molecule has 0 radical (unpaired) electrons. The molecule has 0 amide bonds. The first-order valence-electron chi connectivity index (χ1n) is 6.90. The first kappa shape index (κ1) is 14.3. The van der Waals surface area contributed by atoms with Crippen molar-refractivity contribution < 1.29 is 8.42 Å². The lowest BCUT2D eigenvalue weighted by Crippen LogP contribution is -2.54. The van der Waals surface area contributed by atoms with E-state index in [9.17, 15) is 8.42 Å². The number of halogens is 1. The number of nitrogens with zero attached hydrogens (tertiary/aromatic N) is 2. The molecule has 0 aromatic heterocycles. The Bertz CT molecular complexity index is 591. The van der Waals surface area contributed by atoms with E-state index in [4.69, 9.17) is 11.6 Å². The Kier molecular flexibility index (Phi) is 3.79. The zero-order valence-electron chi connectivity index (χ0n) is 11.5. The smallest absolute Gasteiger partial charge is 0.218 e. The molecule has 110 valence electrons. The normalized spacial score (nSPS) is 27.9. The van der Waals surface area contributed by atoms with Crippen LogP contribution in [0.1, 0.15) is 18.4 Å². The second-order valence-corrected chi connectivity index (χ2v) is 8.07. The van der Waals surface area contributed by atoms with Gasteiger partial charge in [0.15, 0.2) is 0 Å².